The van der Waals surface area contributed by atoms with Gasteiger partial charge in [0.15, 0.2) is 6.61 Å². The first-order chi connectivity index (χ1) is 12.8. The number of sulfonamides is 1. The van der Waals surface area contributed by atoms with Gasteiger partial charge in [0, 0.05) is 19.6 Å². The van der Waals surface area contributed by atoms with Crippen molar-refractivity contribution in [2.45, 2.75) is 43.5 Å². The molecule has 27 heavy (non-hydrogen) atoms. The van der Waals surface area contributed by atoms with E-state index in [-0.39, 0.29) is 29.0 Å². The quantitative estimate of drug-likeness (QED) is 0.514. The molecule has 1 aliphatic rings. The van der Waals surface area contributed by atoms with E-state index in [0.717, 1.165) is 25.7 Å². The highest BCUT2D eigenvalue weighted by molar-refractivity contribution is 7.89. The molecule has 1 saturated heterocycles. The zero-order valence-electron chi connectivity index (χ0n) is 15.9. The Morgan fingerprint density at radius 1 is 1.30 bits per heavy atom. The van der Waals surface area contributed by atoms with Gasteiger partial charge in [0.2, 0.25) is 0 Å². The highest BCUT2D eigenvalue weighted by Gasteiger charge is 2.26. The summed E-state index contributed by atoms with van der Waals surface area (Å²) in [6.45, 7) is 2.35. The van der Waals surface area contributed by atoms with E-state index < -0.39 is 16.0 Å². The van der Waals surface area contributed by atoms with Gasteiger partial charge in [-0.1, -0.05) is 17.5 Å². The topological polar surface area (TPSA) is 93.2 Å². The van der Waals surface area contributed by atoms with Crippen LogP contribution in [-0.2, 0) is 24.4 Å². The first kappa shape index (κ1) is 21.3. The standard InChI is InChI=1S/C18H26N2O6S/c1-4-15-9-5-6-11-20(15)17(21)13-26-18(22)14-8-7-10-16(12-14)27(23,24)19(2)25-3/h7-8,10,12,15H,4-6,9,11,13H2,1-3H3/t15-/m1/s1. The third kappa shape index (κ3) is 5.06. The van der Waals surface area contributed by atoms with E-state index in [2.05, 4.69) is 0 Å². The number of carbonyl (C=O) groups excluding carboxylic acids is 2. The zero-order chi connectivity index (χ0) is 20.0. The molecule has 0 aliphatic carbocycles. The third-order valence-electron chi connectivity index (χ3n) is 4.71. The Bertz CT molecular complexity index is 780. The van der Waals surface area contributed by atoms with Gasteiger partial charge in [-0.15, -0.1) is 0 Å². The number of hydroxylamine groups is 1. The molecule has 1 atom stereocenters. The number of amides is 1. The lowest BCUT2D eigenvalue weighted by atomic mass is 10.00. The predicted molar refractivity (Wildman–Crippen MR) is 98.3 cm³/mol. The van der Waals surface area contributed by atoms with E-state index in [1.54, 1.807) is 4.90 Å². The van der Waals surface area contributed by atoms with Crippen molar-refractivity contribution in [3.05, 3.63) is 29.8 Å². The summed E-state index contributed by atoms with van der Waals surface area (Å²) < 4.78 is 30.4. The molecule has 8 nitrogen and oxygen atoms in total. The second kappa shape index (κ2) is 9.29. The van der Waals surface area contributed by atoms with Crippen LogP contribution < -0.4 is 0 Å². The summed E-state index contributed by atoms with van der Waals surface area (Å²) in [7, 11) is -1.40. The van der Waals surface area contributed by atoms with Gasteiger partial charge in [-0.25, -0.2) is 13.2 Å². The van der Waals surface area contributed by atoms with Crippen LogP contribution in [-0.4, -0.2) is 63.0 Å². The summed E-state index contributed by atoms with van der Waals surface area (Å²) in [5.74, 6) is -0.969. The van der Waals surface area contributed by atoms with E-state index in [1.807, 2.05) is 6.92 Å². The average Bonchev–Trinajstić information content (AvgIpc) is 2.70. The molecule has 0 unspecified atom stereocenters. The minimum Gasteiger partial charge on any atom is -0.452 e. The van der Waals surface area contributed by atoms with Crippen LogP contribution in [0.15, 0.2) is 29.2 Å². The lowest BCUT2D eigenvalue weighted by molar-refractivity contribution is -0.138. The van der Waals surface area contributed by atoms with Crippen molar-refractivity contribution in [3.63, 3.8) is 0 Å². The number of nitrogens with zero attached hydrogens (tertiary/aromatic N) is 2. The normalized spacial score (nSPS) is 17.8. The summed E-state index contributed by atoms with van der Waals surface area (Å²) >= 11 is 0. The number of rotatable bonds is 7. The number of carbonyl (C=O) groups is 2. The molecule has 150 valence electrons. The molecule has 9 heteroatoms. The third-order valence-corrected chi connectivity index (χ3v) is 6.38. The van der Waals surface area contributed by atoms with Gasteiger partial charge in [-0.05, 0) is 43.9 Å². The lowest BCUT2D eigenvalue weighted by Crippen LogP contribution is -2.45. The number of hydrogen-bond acceptors (Lipinski definition) is 6. The fourth-order valence-electron chi connectivity index (χ4n) is 3.08. The molecule has 2 rings (SSSR count). The van der Waals surface area contributed by atoms with Crippen LogP contribution in [0.4, 0.5) is 0 Å². The highest BCUT2D eigenvalue weighted by atomic mass is 32.2. The van der Waals surface area contributed by atoms with Gasteiger partial charge in [0.05, 0.1) is 17.6 Å². The fraction of sp³-hybridized carbons (Fsp3) is 0.556. The van der Waals surface area contributed by atoms with Crippen molar-refractivity contribution >= 4 is 21.9 Å². The number of piperidine rings is 1. The van der Waals surface area contributed by atoms with Crippen molar-refractivity contribution in [2.75, 3.05) is 27.3 Å². The Morgan fingerprint density at radius 2 is 2.04 bits per heavy atom. The molecular weight excluding hydrogens is 372 g/mol. The lowest BCUT2D eigenvalue weighted by Gasteiger charge is -2.35. The second-order valence-electron chi connectivity index (χ2n) is 6.35. The molecule has 1 fully saturated rings. The Hall–Kier alpha value is -1.97. The number of esters is 1. The Labute approximate surface area is 160 Å². The monoisotopic (exact) mass is 398 g/mol. The number of benzene rings is 1. The van der Waals surface area contributed by atoms with Crippen LogP contribution in [0, 0.1) is 0 Å². The van der Waals surface area contributed by atoms with Crippen LogP contribution in [0.3, 0.4) is 0 Å². The van der Waals surface area contributed by atoms with Crippen LogP contribution in [0.1, 0.15) is 43.0 Å². The second-order valence-corrected chi connectivity index (χ2v) is 8.28. The van der Waals surface area contributed by atoms with Crippen LogP contribution in [0.2, 0.25) is 0 Å². The maximum Gasteiger partial charge on any atom is 0.338 e. The summed E-state index contributed by atoms with van der Waals surface area (Å²) in [4.78, 5) is 31.0. The molecule has 1 heterocycles. The maximum absolute atomic E-state index is 12.4. The van der Waals surface area contributed by atoms with Gasteiger partial charge in [-0.2, -0.15) is 0 Å². The number of hydrogen-bond donors (Lipinski definition) is 0. The van der Waals surface area contributed by atoms with Crippen molar-refractivity contribution in [1.82, 2.24) is 9.37 Å². The van der Waals surface area contributed by atoms with Crippen molar-refractivity contribution in [3.8, 4) is 0 Å². The summed E-state index contributed by atoms with van der Waals surface area (Å²) in [5, 5.41) is 0. The highest BCUT2D eigenvalue weighted by Crippen LogP contribution is 2.20. The Morgan fingerprint density at radius 3 is 2.70 bits per heavy atom. The predicted octanol–water partition coefficient (Wildman–Crippen LogP) is 1.82. The summed E-state index contributed by atoms with van der Waals surface area (Å²) in [5.41, 5.74) is 0.0547. The maximum atomic E-state index is 12.4. The molecule has 0 bridgehead atoms. The summed E-state index contributed by atoms with van der Waals surface area (Å²) in [6.07, 6.45) is 3.87. The van der Waals surface area contributed by atoms with Crippen molar-refractivity contribution in [2.24, 2.45) is 0 Å². The van der Waals surface area contributed by atoms with E-state index in [4.69, 9.17) is 9.57 Å². The van der Waals surface area contributed by atoms with Gasteiger partial charge in [0.25, 0.3) is 15.9 Å². The smallest absolute Gasteiger partial charge is 0.338 e. The minimum atomic E-state index is -3.88. The molecule has 0 spiro atoms. The molecule has 0 N–H and O–H groups in total. The molecule has 1 aromatic carbocycles. The summed E-state index contributed by atoms with van der Waals surface area (Å²) in [6, 6.07) is 5.61. The van der Waals surface area contributed by atoms with Crippen molar-refractivity contribution < 1.29 is 27.6 Å². The SMILES string of the molecule is CC[C@@H]1CCCCN1C(=O)COC(=O)c1cccc(S(=O)(=O)N(C)OC)c1. The van der Waals surface area contributed by atoms with Crippen LogP contribution in [0.25, 0.3) is 0 Å². The average molecular weight is 398 g/mol. The molecule has 0 radical (unpaired) electrons. The van der Waals surface area contributed by atoms with Crippen LogP contribution >= 0.6 is 0 Å². The molecule has 1 amide bonds. The van der Waals surface area contributed by atoms with Gasteiger partial charge < -0.3 is 9.64 Å². The van der Waals surface area contributed by atoms with E-state index in [9.17, 15) is 18.0 Å². The first-order valence-electron chi connectivity index (χ1n) is 8.91. The van der Waals surface area contributed by atoms with Gasteiger partial charge >= 0.3 is 5.97 Å². The molecule has 0 saturated carbocycles. The van der Waals surface area contributed by atoms with Crippen LogP contribution in [0.5, 0.6) is 0 Å². The van der Waals surface area contributed by atoms with E-state index in [1.165, 1.54) is 38.4 Å². The fourth-order valence-corrected chi connectivity index (χ4v) is 4.10. The van der Waals surface area contributed by atoms with Crippen molar-refractivity contribution in [1.29, 1.82) is 0 Å². The Kier molecular flexibility index (Phi) is 7.34. The molecule has 1 aliphatic heterocycles. The molecule has 1 aromatic rings. The van der Waals surface area contributed by atoms with Gasteiger partial charge in [-0.3, -0.25) is 9.63 Å². The molecular formula is C18H26N2O6S. The molecule has 0 aromatic heterocycles. The number of ether oxygens (including phenoxy) is 1. The van der Waals surface area contributed by atoms with Gasteiger partial charge in [0.1, 0.15) is 0 Å². The minimum absolute atomic E-state index is 0.0547. The van der Waals surface area contributed by atoms with E-state index >= 15 is 0 Å². The first-order valence-corrected chi connectivity index (χ1v) is 10.3. The Balaban J connectivity index is 2.04. The number of likely N-dealkylation sites (tertiary alicyclic amines) is 1. The largest absolute Gasteiger partial charge is 0.452 e. The van der Waals surface area contributed by atoms with E-state index in [0.29, 0.717) is 11.0 Å². The zero-order valence-corrected chi connectivity index (χ0v) is 16.7.